The lowest BCUT2D eigenvalue weighted by Gasteiger charge is -2.09. The predicted octanol–water partition coefficient (Wildman–Crippen LogP) is 2.80. The molecular weight excluding hydrogens is 172 g/mol. The van der Waals surface area contributed by atoms with Gasteiger partial charge in [-0.2, -0.15) is 0 Å². The lowest BCUT2D eigenvalue weighted by Crippen LogP contribution is -2.08. The molecule has 0 saturated carbocycles. The molecule has 2 nitrogen and oxygen atoms in total. The van der Waals surface area contributed by atoms with Gasteiger partial charge in [-0.05, 0) is 12.0 Å². The van der Waals surface area contributed by atoms with E-state index in [9.17, 15) is 0 Å². The first-order valence-electron chi connectivity index (χ1n) is 4.03. The normalized spacial score (nSPS) is 10.3. The minimum Gasteiger partial charge on any atom is -0.383 e. The van der Waals surface area contributed by atoms with Gasteiger partial charge >= 0.3 is 0 Å². The molecule has 1 aromatic heterocycles. The van der Waals surface area contributed by atoms with Crippen molar-refractivity contribution in [2.45, 2.75) is 13.8 Å². The van der Waals surface area contributed by atoms with Crippen LogP contribution in [0.2, 0.25) is 5.02 Å². The molecule has 0 aromatic carbocycles. The Morgan fingerprint density at radius 2 is 2.33 bits per heavy atom. The summed E-state index contributed by atoms with van der Waals surface area (Å²) in [6.07, 6.45) is 3.37. The van der Waals surface area contributed by atoms with E-state index in [-0.39, 0.29) is 0 Å². The van der Waals surface area contributed by atoms with E-state index in [1.165, 1.54) is 0 Å². The Kier molecular flexibility index (Phi) is 3.35. The van der Waals surface area contributed by atoms with Crippen LogP contribution in [0, 0.1) is 5.92 Å². The number of aromatic nitrogens is 1. The summed E-state index contributed by atoms with van der Waals surface area (Å²) in [5.74, 6) is 0.620. The third-order valence-corrected chi connectivity index (χ3v) is 1.77. The standard InChI is InChI=1S/C9H13ClN2/c1-7(2)5-12-9-3-4-11-6-8(9)10/h3-4,6-7H,5H2,1-2H3,(H,11,12). The van der Waals surface area contributed by atoms with Crippen molar-refractivity contribution >= 4 is 17.3 Å². The van der Waals surface area contributed by atoms with Crippen molar-refractivity contribution in [2.75, 3.05) is 11.9 Å². The first kappa shape index (κ1) is 9.33. The zero-order valence-electron chi connectivity index (χ0n) is 7.34. The molecule has 0 spiro atoms. The maximum atomic E-state index is 5.88. The molecule has 0 radical (unpaired) electrons. The Labute approximate surface area is 78.0 Å². The van der Waals surface area contributed by atoms with Gasteiger partial charge in [-0.3, -0.25) is 4.98 Å². The highest BCUT2D eigenvalue weighted by atomic mass is 35.5. The molecule has 0 aliphatic carbocycles. The Balaban J connectivity index is 2.57. The molecule has 0 amide bonds. The van der Waals surface area contributed by atoms with Crippen molar-refractivity contribution in [1.82, 2.24) is 4.98 Å². The Hall–Kier alpha value is -0.760. The first-order chi connectivity index (χ1) is 5.70. The molecule has 1 N–H and O–H groups in total. The van der Waals surface area contributed by atoms with E-state index in [0.717, 1.165) is 12.2 Å². The fourth-order valence-corrected chi connectivity index (χ4v) is 1.02. The van der Waals surface area contributed by atoms with Gasteiger partial charge < -0.3 is 5.32 Å². The number of nitrogens with one attached hydrogen (secondary N) is 1. The van der Waals surface area contributed by atoms with Crippen LogP contribution in [-0.4, -0.2) is 11.5 Å². The summed E-state index contributed by atoms with van der Waals surface area (Å²) in [7, 11) is 0. The second kappa shape index (κ2) is 4.31. The highest BCUT2D eigenvalue weighted by molar-refractivity contribution is 6.33. The zero-order valence-corrected chi connectivity index (χ0v) is 8.10. The van der Waals surface area contributed by atoms with Crippen molar-refractivity contribution < 1.29 is 0 Å². The van der Waals surface area contributed by atoms with Crippen LogP contribution in [0.3, 0.4) is 0 Å². The van der Waals surface area contributed by atoms with Crippen LogP contribution in [0.25, 0.3) is 0 Å². The van der Waals surface area contributed by atoms with E-state index in [2.05, 4.69) is 24.1 Å². The number of nitrogens with zero attached hydrogens (tertiary/aromatic N) is 1. The smallest absolute Gasteiger partial charge is 0.0820 e. The molecule has 1 rings (SSSR count). The van der Waals surface area contributed by atoms with Crippen LogP contribution in [-0.2, 0) is 0 Å². The molecule has 66 valence electrons. The molecule has 0 saturated heterocycles. The van der Waals surface area contributed by atoms with E-state index in [0.29, 0.717) is 10.9 Å². The SMILES string of the molecule is CC(C)CNc1ccncc1Cl. The van der Waals surface area contributed by atoms with Crippen molar-refractivity contribution in [3.8, 4) is 0 Å². The molecule has 0 atom stereocenters. The fraction of sp³-hybridized carbons (Fsp3) is 0.444. The maximum absolute atomic E-state index is 5.88. The summed E-state index contributed by atoms with van der Waals surface area (Å²) in [5, 5.41) is 3.92. The van der Waals surface area contributed by atoms with E-state index in [1.807, 2.05) is 6.07 Å². The molecule has 12 heavy (non-hydrogen) atoms. The lowest BCUT2D eigenvalue weighted by molar-refractivity contribution is 0.689. The lowest BCUT2D eigenvalue weighted by atomic mass is 10.2. The van der Waals surface area contributed by atoms with Crippen molar-refractivity contribution in [1.29, 1.82) is 0 Å². The molecule has 1 aromatic rings. The largest absolute Gasteiger partial charge is 0.383 e. The summed E-state index contributed by atoms with van der Waals surface area (Å²) >= 11 is 5.88. The van der Waals surface area contributed by atoms with Crippen LogP contribution >= 0.6 is 11.6 Å². The average molecular weight is 185 g/mol. The predicted molar refractivity (Wildman–Crippen MR) is 52.6 cm³/mol. The van der Waals surface area contributed by atoms with E-state index >= 15 is 0 Å². The van der Waals surface area contributed by atoms with Crippen LogP contribution in [0.4, 0.5) is 5.69 Å². The molecular formula is C9H13ClN2. The Bertz CT molecular complexity index is 248. The number of rotatable bonds is 3. The van der Waals surface area contributed by atoms with Gasteiger partial charge in [0.1, 0.15) is 0 Å². The summed E-state index contributed by atoms with van der Waals surface area (Å²) in [5.41, 5.74) is 0.959. The van der Waals surface area contributed by atoms with Gasteiger partial charge in [-0.1, -0.05) is 25.4 Å². The summed E-state index contributed by atoms with van der Waals surface area (Å²) in [6.45, 7) is 5.24. The number of hydrogen-bond acceptors (Lipinski definition) is 2. The van der Waals surface area contributed by atoms with E-state index < -0.39 is 0 Å². The summed E-state index contributed by atoms with van der Waals surface area (Å²) in [6, 6.07) is 1.88. The third-order valence-electron chi connectivity index (χ3n) is 1.47. The minimum atomic E-state index is 0.620. The number of hydrogen-bond donors (Lipinski definition) is 1. The van der Waals surface area contributed by atoms with Gasteiger partial charge in [0.15, 0.2) is 0 Å². The Morgan fingerprint density at radius 1 is 1.58 bits per heavy atom. The topological polar surface area (TPSA) is 24.9 Å². The van der Waals surface area contributed by atoms with Crippen LogP contribution in [0.15, 0.2) is 18.5 Å². The average Bonchev–Trinajstić information content (AvgIpc) is 2.03. The molecule has 0 fully saturated rings. The van der Waals surface area contributed by atoms with Crippen LogP contribution in [0.1, 0.15) is 13.8 Å². The zero-order chi connectivity index (χ0) is 8.97. The van der Waals surface area contributed by atoms with E-state index in [1.54, 1.807) is 12.4 Å². The minimum absolute atomic E-state index is 0.620. The van der Waals surface area contributed by atoms with Gasteiger partial charge in [0.25, 0.3) is 0 Å². The number of pyridine rings is 1. The highest BCUT2D eigenvalue weighted by Gasteiger charge is 1.98. The third kappa shape index (κ3) is 2.70. The highest BCUT2D eigenvalue weighted by Crippen LogP contribution is 2.18. The van der Waals surface area contributed by atoms with Gasteiger partial charge in [-0.25, -0.2) is 0 Å². The molecule has 0 bridgehead atoms. The van der Waals surface area contributed by atoms with Crippen LogP contribution < -0.4 is 5.32 Å². The monoisotopic (exact) mass is 184 g/mol. The fourth-order valence-electron chi connectivity index (χ4n) is 0.833. The van der Waals surface area contributed by atoms with Crippen LogP contribution in [0.5, 0.6) is 0 Å². The van der Waals surface area contributed by atoms with Gasteiger partial charge in [-0.15, -0.1) is 0 Å². The van der Waals surface area contributed by atoms with Gasteiger partial charge in [0, 0.05) is 18.9 Å². The second-order valence-corrected chi connectivity index (χ2v) is 3.54. The van der Waals surface area contributed by atoms with Crippen molar-refractivity contribution in [2.24, 2.45) is 5.92 Å². The van der Waals surface area contributed by atoms with Crippen molar-refractivity contribution in [3.05, 3.63) is 23.5 Å². The molecule has 0 aliphatic rings. The Morgan fingerprint density at radius 3 is 2.92 bits per heavy atom. The first-order valence-corrected chi connectivity index (χ1v) is 4.41. The molecule has 0 unspecified atom stereocenters. The van der Waals surface area contributed by atoms with Gasteiger partial charge in [0.05, 0.1) is 10.7 Å². The van der Waals surface area contributed by atoms with Gasteiger partial charge in [0.2, 0.25) is 0 Å². The quantitative estimate of drug-likeness (QED) is 0.782. The van der Waals surface area contributed by atoms with Crippen molar-refractivity contribution in [3.63, 3.8) is 0 Å². The summed E-state index contributed by atoms with van der Waals surface area (Å²) < 4.78 is 0. The maximum Gasteiger partial charge on any atom is 0.0820 e. The summed E-state index contributed by atoms with van der Waals surface area (Å²) in [4.78, 5) is 3.90. The molecule has 3 heteroatoms. The molecule has 0 aliphatic heterocycles. The second-order valence-electron chi connectivity index (χ2n) is 3.13. The van der Waals surface area contributed by atoms with E-state index in [4.69, 9.17) is 11.6 Å². The molecule has 1 heterocycles. The number of anilines is 1. The number of halogens is 1.